The number of hydrogen-bond donors (Lipinski definition) is 1. The lowest BCUT2D eigenvalue weighted by Crippen LogP contribution is -2.22. The minimum absolute atomic E-state index is 0.0465. The fourth-order valence-electron chi connectivity index (χ4n) is 2.39. The highest BCUT2D eigenvalue weighted by molar-refractivity contribution is 7.89. The summed E-state index contributed by atoms with van der Waals surface area (Å²) < 4.78 is 60.1. The van der Waals surface area contributed by atoms with E-state index in [-0.39, 0.29) is 23.0 Å². The third-order valence-electron chi connectivity index (χ3n) is 3.79. The van der Waals surface area contributed by atoms with Crippen molar-refractivity contribution in [1.29, 1.82) is 0 Å². The number of nitrogens with one attached hydrogen (secondary N) is 1. The van der Waals surface area contributed by atoms with Gasteiger partial charge in [0.25, 0.3) is 0 Å². The van der Waals surface area contributed by atoms with Gasteiger partial charge in [-0.3, -0.25) is 4.79 Å². The van der Waals surface area contributed by atoms with Crippen molar-refractivity contribution in [2.45, 2.75) is 18.4 Å². The summed E-state index contributed by atoms with van der Waals surface area (Å²) in [6.45, 7) is -1.03. The van der Waals surface area contributed by atoms with E-state index < -0.39 is 22.5 Å². The number of sulfonamides is 1. The van der Waals surface area contributed by atoms with Crippen molar-refractivity contribution >= 4 is 27.7 Å². The smallest absolute Gasteiger partial charge is 0.387 e. The standard InChI is InChI=1S/C20H22F2N2O5S/c1-4-28-18-12-14(8-10-17(18)29-20(21)22)9-11-19(25)23-15-6-5-7-16(13-15)30(26,27)24(2)3/h5-13,20H,4H2,1-3H3,(H,23,25)/b11-9+. The summed E-state index contributed by atoms with van der Waals surface area (Å²) >= 11 is 0. The molecule has 0 heterocycles. The van der Waals surface area contributed by atoms with Crippen LogP contribution >= 0.6 is 0 Å². The minimum atomic E-state index is -3.63. The van der Waals surface area contributed by atoms with E-state index in [2.05, 4.69) is 10.1 Å². The van der Waals surface area contributed by atoms with E-state index in [0.29, 0.717) is 11.3 Å². The van der Waals surface area contributed by atoms with Gasteiger partial charge in [0.2, 0.25) is 15.9 Å². The first-order valence-electron chi connectivity index (χ1n) is 8.86. The molecular formula is C20H22F2N2O5S. The lowest BCUT2D eigenvalue weighted by Gasteiger charge is -2.12. The number of nitrogens with zero attached hydrogens (tertiary/aromatic N) is 1. The number of hydrogen-bond acceptors (Lipinski definition) is 5. The lowest BCUT2D eigenvalue weighted by atomic mass is 10.2. The maximum Gasteiger partial charge on any atom is 0.387 e. The van der Waals surface area contributed by atoms with Gasteiger partial charge in [-0.1, -0.05) is 12.1 Å². The molecule has 0 aromatic heterocycles. The molecule has 2 aromatic rings. The molecule has 2 aromatic carbocycles. The molecule has 0 fully saturated rings. The van der Waals surface area contributed by atoms with Gasteiger partial charge in [-0.2, -0.15) is 8.78 Å². The van der Waals surface area contributed by atoms with Crippen molar-refractivity contribution in [2.24, 2.45) is 0 Å². The highest BCUT2D eigenvalue weighted by atomic mass is 32.2. The fourth-order valence-corrected chi connectivity index (χ4v) is 3.34. The minimum Gasteiger partial charge on any atom is -0.490 e. The Morgan fingerprint density at radius 3 is 2.53 bits per heavy atom. The largest absolute Gasteiger partial charge is 0.490 e. The Hall–Kier alpha value is -2.98. The fraction of sp³-hybridized carbons (Fsp3) is 0.250. The van der Waals surface area contributed by atoms with Crippen LogP contribution in [-0.4, -0.2) is 45.9 Å². The van der Waals surface area contributed by atoms with Crippen LogP contribution in [0.2, 0.25) is 0 Å². The topological polar surface area (TPSA) is 84.9 Å². The third kappa shape index (κ3) is 6.26. The number of amides is 1. The van der Waals surface area contributed by atoms with Crippen LogP contribution in [-0.2, 0) is 14.8 Å². The summed E-state index contributed by atoms with van der Waals surface area (Å²) in [5.41, 5.74) is 0.836. The van der Waals surface area contributed by atoms with Crippen LogP contribution in [0.15, 0.2) is 53.4 Å². The number of carbonyl (C=O) groups excluding carboxylic acids is 1. The van der Waals surface area contributed by atoms with Gasteiger partial charge < -0.3 is 14.8 Å². The van der Waals surface area contributed by atoms with Crippen molar-refractivity contribution in [2.75, 3.05) is 26.0 Å². The average Bonchev–Trinajstić information content (AvgIpc) is 2.68. The summed E-state index contributed by atoms with van der Waals surface area (Å²) in [5.74, 6) is -0.477. The maximum atomic E-state index is 12.5. The first kappa shape index (κ1) is 23.3. The molecule has 7 nitrogen and oxygen atoms in total. The summed E-state index contributed by atoms with van der Waals surface area (Å²) in [6.07, 6.45) is 2.69. The zero-order valence-corrected chi connectivity index (χ0v) is 17.4. The van der Waals surface area contributed by atoms with Crippen molar-refractivity contribution in [3.63, 3.8) is 0 Å². The van der Waals surface area contributed by atoms with E-state index in [1.807, 2.05) is 0 Å². The number of anilines is 1. The zero-order valence-electron chi connectivity index (χ0n) is 16.6. The van der Waals surface area contributed by atoms with Gasteiger partial charge in [0, 0.05) is 25.9 Å². The molecule has 10 heteroatoms. The SMILES string of the molecule is CCOc1cc(/C=C/C(=O)Nc2cccc(S(=O)(=O)N(C)C)c2)ccc1OC(F)F. The van der Waals surface area contributed by atoms with E-state index >= 15 is 0 Å². The first-order chi connectivity index (χ1) is 14.1. The highest BCUT2D eigenvalue weighted by Gasteiger charge is 2.17. The molecule has 0 radical (unpaired) electrons. The number of rotatable bonds is 9. The Morgan fingerprint density at radius 1 is 1.17 bits per heavy atom. The highest BCUT2D eigenvalue weighted by Crippen LogP contribution is 2.30. The summed E-state index contributed by atoms with van der Waals surface area (Å²) in [7, 11) is -0.800. The predicted molar refractivity (Wildman–Crippen MR) is 109 cm³/mol. The maximum absolute atomic E-state index is 12.5. The van der Waals surface area contributed by atoms with Crippen LogP contribution in [0.25, 0.3) is 6.08 Å². The van der Waals surface area contributed by atoms with Crippen LogP contribution in [0.5, 0.6) is 11.5 Å². The Labute approximate surface area is 174 Å². The van der Waals surface area contributed by atoms with Crippen LogP contribution in [0.3, 0.4) is 0 Å². The normalized spacial score (nSPS) is 11.8. The van der Waals surface area contributed by atoms with Crippen molar-refractivity contribution in [3.05, 3.63) is 54.1 Å². The average molecular weight is 440 g/mol. The third-order valence-corrected chi connectivity index (χ3v) is 5.60. The molecule has 0 unspecified atom stereocenters. The molecular weight excluding hydrogens is 418 g/mol. The second-order valence-electron chi connectivity index (χ2n) is 6.16. The first-order valence-corrected chi connectivity index (χ1v) is 10.3. The zero-order chi connectivity index (χ0) is 22.3. The van der Waals surface area contributed by atoms with Gasteiger partial charge in [0.15, 0.2) is 11.5 Å². The summed E-state index contributed by atoms with van der Waals surface area (Å²) in [6, 6.07) is 10.1. The molecule has 0 aliphatic rings. The summed E-state index contributed by atoms with van der Waals surface area (Å²) in [5, 5.41) is 2.58. The molecule has 2 rings (SSSR count). The number of halogens is 2. The predicted octanol–water partition coefficient (Wildman–Crippen LogP) is 3.59. The van der Waals surface area contributed by atoms with E-state index in [1.165, 1.54) is 62.6 Å². The van der Waals surface area contributed by atoms with Crippen LogP contribution in [0.1, 0.15) is 12.5 Å². The molecule has 0 aliphatic heterocycles. The molecule has 0 saturated heterocycles. The molecule has 30 heavy (non-hydrogen) atoms. The molecule has 1 amide bonds. The van der Waals surface area contributed by atoms with Crippen LogP contribution in [0.4, 0.5) is 14.5 Å². The van der Waals surface area contributed by atoms with E-state index in [1.54, 1.807) is 13.0 Å². The van der Waals surface area contributed by atoms with Crippen LogP contribution in [0, 0.1) is 0 Å². The van der Waals surface area contributed by atoms with Crippen LogP contribution < -0.4 is 14.8 Å². The Kier molecular flexibility index (Phi) is 7.90. The Bertz CT molecular complexity index is 1020. The van der Waals surface area contributed by atoms with Crippen molar-refractivity contribution < 1.29 is 31.5 Å². The number of carbonyl (C=O) groups is 1. The molecule has 0 atom stereocenters. The Balaban J connectivity index is 2.14. The molecule has 162 valence electrons. The molecule has 1 N–H and O–H groups in total. The summed E-state index contributed by atoms with van der Waals surface area (Å²) in [4.78, 5) is 12.2. The number of benzene rings is 2. The van der Waals surface area contributed by atoms with E-state index in [4.69, 9.17) is 4.74 Å². The van der Waals surface area contributed by atoms with Crippen molar-refractivity contribution in [3.8, 4) is 11.5 Å². The monoisotopic (exact) mass is 440 g/mol. The van der Waals surface area contributed by atoms with Gasteiger partial charge in [-0.15, -0.1) is 0 Å². The van der Waals surface area contributed by atoms with Crippen molar-refractivity contribution in [1.82, 2.24) is 4.31 Å². The molecule has 0 spiro atoms. The quantitative estimate of drug-likeness (QED) is 0.603. The van der Waals surface area contributed by atoms with Gasteiger partial charge in [-0.05, 0) is 48.9 Å². The van der Waals surface area contributed by atoms with E-state index in [9.17, 15) is 22.0 Å². The van der Waals surface area contributed by atoms with Gasteiger partial charge in [0.05, 0.1) is 11.5 Å². The second kappa shape index (κ2) is 10.2. The lowest BCUT2D eigenvalue weighted by molar-refractivity contribution is -0.111. The van der Waals surface area contributed by atoms with Gasteiger partial charge >= 0.3 is 6.61 Å². The Morgan fingerprint density at radius 2 is 1.90 bits per heavy atom. The van der Waals surface area contributed by atoms with E-state index in [0.717, 1.165) is 4.31 Å². The number of ether oxygens (including phenoxy) is 2. The van der Waals surface area contributed by atoms with Gasteiger partial charge in [-0.25, -0.2) is 12.7 Å². The molecule has 0 aliphatic carbocycles. The van der Waals surface area contributed by atoms with Gasteiger partial charge in [0.1, 0.15) is 0 Å². The molecule has 0 bridgehead atoms. The second-order valence-corrected chi connectivity index (χ2v) is 8.31. The number of alkyl halides is 2. The molecule has 0 saturated carbocycles.